The van der Waals surface area contributed by atoms with Gasteiger partial charge in [-0.25, -0.2) is 4.79 Å². The summed E-state index contributed by atoms with van der Waals surface area (Å²) < 4.78 is 76.3. The summed E-state index contributed by atoms with van der Waals surface area (Å²) in [4.78, 5) is 10.7. The Kier molecular flexibility index (Phi) is 11.3. The molecule has 4 aromatic carbocycles. The number of halogens is 6. The predicted octanol–water partition coefficient (Wildman–Crippen LogP) is 8.31. The maximum Gasteiger partial charge on any atom is 0.416 e. The first-order chi connectivity index (χ1) is 22.8. The van der Waals surface area contributed by atoms with Crippen LogP contribution in [-0.4, -0.2) is 17.0 Å². The smallest absolute Gasteiger partial charge is 0.416 e. The van der Waals surface area contributed by atoms with Crippen LogP contribution in [0.25, 0.3) is 24.3 Å². The van der Waals surface area contributed by atoms with Crippen LogP contribution in [0.4, 0.5) is 26.3 Å². The Morgan fingerprint density at radius 1 is 0.562 bits per heavy atom. The Bertz CT molecular complexity index is 1880. The van der Waals surface area contributed by atoms with Gasteiger partial charge in [0.05, 0.1) is 22.6 Å². The lowest BCUT2D eigenvalue weighted by atomic mass is 10.1. The molecular formula is C37H26F6N2O3. The maximum absolute atomic E-state index is 12.6. The quantitative estimate of drug-likeness (QED) is 0.0628. The molecule has 1 heterocycles. The van der Waals surface area contributed by atoms with Crippen LogP contribution >= 0.6 is 0 Å². The molecule has 0 saturated heterocycles. The average Bonchev–Trinajstić information content (AvgIpc) is 3.07. The number of aromatic carboxylic acids is 1. The summed E-state index contributed by atoms with van der Waals surface area (Å²) in [6, 6.07) is 28.1. The molecule has 0 saturated carbocycles. The van der Waals surface area contributed by atoms with Gasteiger partial charge in [0.1, 0.15) is 0 Å². The van der Waals surface area contributed by atoms with Crippen molar-refractivity contribution >= 4 is 36.2 Å². The van der Waals surface area contributed by atoms with Crippen molar-refractivity contribution in [2.75, 3.05) is 0 Å². The second-order valence-corrected chi connectivity index (χ2v) is 10.1. The highest BCUT2D eigenvalue weighted by Gasteiger charge is 2.30. The molecule has 0 fully saturated rings. The number of aromatic nitrogens is 1. The summed E-state index contributed by atoms with van der Waals surface area (Å²) in [6.07, 6.45) is 1.49. The normalized spacial score (nSPS) is 12.2. The average molecular weight is 661 g/mol. The zero-order valence-electron chi connectivity index (χ0n) is 24.9. The first-order valence-corrected chi connectivity index (χ1v) is 14.1. The third-order valence-electron chi connectivity index (χ3n) is 6.63. The molecule has 0 radical (unpaired) electrons. The van der Waals surface area contributed by atoms with Crippen LogP contribution in [-0.2, 0) is 12.4 Å². The van der Waals surface area contributed by atoms with Crippen LogP contribution in [0.1, 0.15) is 49.3 Å². The SMILES string of the molecule is O=C(O)c1ccc(/C=C/c2ccc(C(F)(F)F)cc2)cc1.[O-]C(=N[n+]1ccccc1)c1ccc(/C=C/c2ccc(C(F)(F)F)cc2)cc1. The third-order valence-corrected chi connectivity index (χ3v) is 6.63. The molecule has 11 heteroatoms. The lowest BCUT2D eigenvalue weighted by Crippen LogP contribution is -2.33. The van der Waals surface area contributed by atoms with Crippen LogP contribution in [0.2, 0.25) is 0 Å². The van der Waals surface area contributed by atoms with Gasteiger partial charge in [0, 0.05) is 12.1 Å². The largest absolute Gasteiger partial charge is 0.854 e. The van der Waals surface area contributed by atoms with Crippen LogP contribution in [0, 0.1) is 0 Å². The van der Waals surface area contributed by atoms with E-state index in [0.29, 0.717) is 16.7 Å². The highest BCUT2D eigenvalue weighted by atomic mass is 19.4. The molecule has 0 amide bonds. The third kappa shape index (κ3) is 10.5. The molecule has 5 aromatic rings. The molecule has 48 heavy (non-hydrogen) atoms. The van der Waals surface area contributed by atoms with E-state index < -0.39 is 29.4 Å². The number of carbonyl (C=O) groups is 1. The molecular weight excluding hydrogens is 634 g/mol. The number of carboxylic acid groups (broad SMARTS) is 1. The van der Waals surface area contributed by atoms with Crippen molar-refractivity contribution < 1.29 is 46.0 Å². The van der Waals surface area contributed by atoms with Crippen LogP contribution in [0.5, 0.6) is 0 Å². The fourth-order valence-corrected chi connectivity index (χ4v) is 4.04. The fourth-order valence-electron chi connectivity index (χ4n) is 4.04. The molecule has 0 aliphatic carbocycles. The minimum Gasteiger partial charge on any atom is -0.854 e. The molecule has 5 nitrogen and oxygen atoms in total. The zero-order valence-corrected chi connectivity index (χ0v) is 24.9. The minimum atomic E-state index is -4.34. The highest BCUT2D eigenvalue weighted by Crippen LogP contribution is 2.30. The van der Waals surface area contributed by atoms with E-state index in [9.17, 15) is 36.2 Å². The van der Waals surface area contributed by atoms with Crippen LogP contribution in [0.15, 0.2) is 133 Å². The maximum atomic E-state index is 12.6. The van der Waals surface area contributed by atoms with E-state index >= 15 is 0 Å². The van der Waals surface area contributed by atoms with Crippen molar-refractivity contribution in [1.82, 2.24) is 0 Å². The van der Waals surface area contributed by atoms with Crippen molar-refractivity contribution in [2.45, 2.75) is 12.4 Å². The van der Waals surface area contributed by atoms with E-state index in [4.69, 9.17) is 5.11 Å². The molecule has 5 rings (SSSR count). The Morgan fingerprint density at radius 2 is 0.896 bits per heavy atom. The van der Waals surface area contributed by atoms with Gasteiger partial charge in [0.2, 0.25) is 12.4 Å². The highest BCUT2D eigenvalue weighted by molar-refractivity contribution is 5.90. The molecule has 0 unspecified atom stereocenters. The van der Waals surface area contributed by atoms with Gasteiger partial charge in [-0.2, -0.15) is 26.3 Å². The number of nitrogens with zero attached hydrogens (tertiary/aromatic N) is 2. The first-order valence-electron chi connectivity index (χ1n) is 14.1. The molecule has 1 aromatic heterocycles. The van der Waals surface area contributed by atoms with Crippen molar-refractivity contribution in [3.63, 3.8) is 0 Å². The van der Waals surface area contributed by atoms with E-state index in [1.54, 1.807) is 85.2 Å². The van der Waals surface area contributed by atoms with Gasteiger partial charge in [-0.3, -0.25) is 0 Å². The van der Waals surface area contributed by atoms with Gasteiger partial charge < -0.3 is 10.2 Å². The van der Waals surface area contributed by atoms with Gasteiger partial charge in [-0.15, -0.1) is 0 Å². The lowest BCUT2D eigenvalue weighted by molar-refractivity contribution is -0.681. The van der Waals surface area contributed by atoms with Crippen molar-refractivity contribution in [3.8, 4) is 0 Å². The number of benzene rings is 4. The van der Waals surface area contributed by atoms with Gasteiger partial charge >= 0.3 is 18.3 Å². The topological polar surface area (TPSA) is 76.6 Å². The Morgan fingerprint density at radius 3 is 1.23 bits per heavy atom. The van der Waals surface area contributed by atoms with Crippen molar-refractivity contribution in [2.24, 2.45) is 5.10 Å². The molecule has 244 valence electrons. The summed E-state index contributed by atoms with van der Waals surface area (Å²) in [5, 5.41) is 24.8. The number of carboxylic acids is 1. The lowest BCUT2D eigenvalue weighted by Gasteiger charge is -2.07. The second kappa shape index (κ2) is 15.5. The minimum absolute atomic E-state index is 0.182. The van der Waals surface area contributed by atoms with Crippen LogP contribution < -0.4 is 9.78 Å². The van der Waals surface area contributed by atoms with E-state index in [1.807, 2.05) is 6.07 Å². The van der Waals surface area contributed by atoms with E-state index in [1.165, 1.54) is 41.1 Å². The molecule has 0 aliphatic rings. The molecule has 0 bridgehead atoms. The number of hydrogen-bond donors (Lipinski definition) is 1. The molecule has 0 aliphatic heterocycles. The second-order valence-electron chi connectivity index (χ2n) is 10.1. The zero-order chi connectivity index (χ0) is 34.7. The van der Waals surface area contributed by atoms with Crippen molar-refractivity contribution in [1.29, 1.82) is 0 Å². The van der Waals surface area contributed by atoms with E-state index in [-0.39, 0.29) is 11.5 Å². The molecule has 0 atom stereocenters. The first kappa shape index (κ1) is 34.9. The molecule has 0 spiro atoms. The standard InChI is InChI=1S/C21H15F3N2O.C16H11F3O2/c22-21(23,24)19-12-8-17(9-13-19)5-4-16-6-10-18(11-7-16)20(27)25-26-14-2-1-3-15-26;17-16(18,19)14-9-5-12(6-10-14)2-1-11-3-7-13(8-4-11)15(20)21/h1-15H;1-10H,(H,20,21)/b5-4+;2-1+. The van der Waals surface area contributed by atoms with Crippen LogP contribution in [0.3, 0.4) is 0 Å². The Hall–Kier alpha value is -5.97. The summed E-state index contributed by atoms with van der Waals surface area (Å²) in [7, 11) is 0. The summed E-state index contributed by atoms with van der Waals surface area (Å²) in [5.74, 6) is -1.38. The van der Waals surface area contributed by atoms with E-state index in [2.05, 4.69) is 5.10 Å². The Balaban J connectivity index is 0.000000224. The van der Waals surface area contributed by atoms with E-state index in [0.717, 1.165) is 35.4 Å². The number of pyridine rings is 1. The summed E-state index contributed by atoms with van der Waals surface area (Å²) >= 11 is 0. The number of alkyl halides is 6. The summed E-state index contributed by atoms with van der Waals surface area (Å²) in [5.41, 5.74) is 2.12. The summed E-state index contributed by atoms with van der Waals surface area (Å²) in [6.45, 7) is 0. The Labute approximate surface area is 271 Å². The van der Waals surface area contributed by atoms with Gasteiger partial charge in [-0.05, 0) is 69.3 Å². The fraction of sp³-hybridized carbons (Fsp3) is 0.0541. The monoisotopic (exact) mass is 660 g/mol. The number of hydrogen-bond acceptors (Lipinski definition) is 3. The predicted molar refractivity (Wildman–Crippen MR) is 169 cm³/mol. The van der Waals surface area contributed by atoms with Gasteiger partial charge in [0.15, 0.2) is 0 Å². The molecule has 1 N–H and O–H groups in total. The van der Waals surface area contributed by atoms with Gasteiger partial charge in [-0.1, -0.05) is 95.7 Å². The van der Waals surface area contributed by atoms with Gasteiger partial charge in [0.25, 0.3) is 0 Å². The number of rotatable bonds is 7. The van der Waals surface area contributed by atoms with Crippen molar-refractivity contribution in [3.05, 3.63) is 172 Å².